The van der Waals surface area contributed by atoms with Crippen molar-refractivity contribution in [2.45, 2.75) is 19.8 Å². The van der Waals surface area contributed by atoms with E-state index in [1.54, 1.807) is 13.8 Å². The second-order valence-electron chi connectivity index (χ2n) is 5.16. The highest BCUT2D eigenvalue weighted by atomic mass is 16.6. The van der Waals surface area contributed by atoms with Crippen LogP contribution in [0.5, 0.6) is 0 Å². The molecule has 120 valence electrons. The summed E-state index contributed by atoms with van der Waals surface area (Å²) in [6, 6.07) is 5.61. The number of carboxylic acids is 1. The summed E-state index contributed by atoms with van der Waals surface area (Å²) in [7, 11) is 0. The van der Waals surface area contributed by atoms with Crippen molar-refractivity contribution in [3.8, 4) is 0 Å². The summed E-state index contributed by atoms with van der Waals surface area (Å²) in [5, 5.41) is 22.8. The molecule has 0 fully saturated rings. The van der Waals surface area contributed by atoms with E-state index < -0.39 is 22.7 Å². The number of carbonyl (C=O) groups excluding carboxylic acids is 1. The van der Waals surface area contributed by atoms with Crippen molar-refractivity contribution < 1.29 is 19.6 Å². The maximum absolute atomic E-state index is 11.7. The van der Waals surface area contributed by atoms with Gasteiger partial charge in [-0.1, -0.05) is 12.1 Å². The van der Waals surface area contributed by atoms with Gasteiger partial charge in [-0.2, -0.15) is 0 Å². The van der Waals surface area contributed by atoms with Gasteiger partial charge in [-0.05, 0) is 19.4 Å². The SMILES string of the molecule is CC1=NC(C)=C(NC=O)C(c2ccc([N+](=O)[O-])cc2)C1C(=O)O. The number of nitrogens with one attached hydrogen (secondary N) is 1. The van der Waals surface area contributed by atoms with E-state index in [0.29, 0.717) is 29.1 Å². The van der Waals surface area contributed by atoms with Gasteiger partial charge in [-0.15, -0.1) is 0 Å². The number of aliphatic imine (C=N–C) groups is 1. The monoisotopic (exact) mass is 317 g/mol. The zero-order valence-corrected chi connectivity index (χ0v) is 12.5. The lowest BCUT2D eigenvalue weighted by Gasteiger charge is -2.30. The first-order valence-electron chi connectivity index (χ1n) is 6.80. The number of allylic oxidation sites excluding steroid dienone is 2. The Kier molecular flexibility index (Phi) is 4.54. The Hall–Kier alpha value is -3.03. The van der Waals surface area contributed by atoms with Crippen LogP contribution in [0.4, 0.5) is 5.69 Å². The molecule has 1 aromatic rings. The number of nitro benzene ring substituents is 1. The molecule has 1 aliphatic heterocycles. The van der Waals surface area contributed by atoms with Crippen LogP contribution in [0.15, 0.2) is 40.7 Å². The van der Waals surface area contributed by atoms with Crippen molar-refractivity contribution in [2.75, 3.05) is 0 Å². The predicted octanol–water partition coefficient (Wildman–Crippen LogP) is 1.83. The maximum atomic E-state index is 11.7. The zero-order chi connectivity index (χ0) is 17.1. The van der Waals surface area contributed by atoms with Gasteiger partial charge in [0.25, 0.3) is 5.69 Å². The molecule has 1 aromatic carbocycles. The number of hydrogen-bond acceptors (Lipinski definition) is 5. The number of benzene rings is 1. The number of hydrogen-bond donors (Lipinski definition) is 2. The molecule has 1 aliphatic rings. The van der Waals surface area contributed by atoms with E-state index in [9.17, 15) is 24.8 Å². The fraction of sp³-hybridized carbons (Fsp3) is 0.267. The molecule has 23 heavy (non-hydrogen) atoms. The number of nitro groups is 1. The van der Waals surface area contributed by atoms with Gasteiger partial charge >= 0.3 is 5.97 Å². The van der Waals surface area contributed by atoms with Gasteiger partial charge in [0.1, 0.15) is 5.92 Å². The summed E-state index contributed by atoms with van der Waals surface area (Å²) in [6.07, 6.45) is 0.465. The Labute approximate surface area is 131 Å². The zero-order valence-electron chi connectivity index (χ0n) is 12.5. The molecule has 0 bridgehead atoms. The molecule has 2 N–H and O–H groups in total. The fourth-order valence-corrected chi connectivity index (χ4v) is 2.77. The van der Waals surface area contributed by atoms with Gasteiger partial charge in [0.2, 0.25) is 6.41 Å². The standard InChI is InChI=1S/C15H15N3O5/c1-8-12(15(20)21)13(14(16-7-19)9(2)17-8)10-3-5-11(6-4-10)18(22)23/h3-7,12-13H,1-2H3,(H,16,19)(H,20,21). The number of carboxylic acid groups (broad SMARTS) is 1. The van der Waals surface area contributed by atoms with Gasteiger partial charge in [0.05, 0.1) is 10.6 Å². The maximum Gasteiger partial charge on any atom is 0.313 e. The highest BCUT2D eigenvalue weighted by Crippen LogP contribution is 2.37. The van der Waals surface area contributed by atoms with Crippen LogP contribution in [-0.2, 0) is 9.59 Å². The molecule has 0 spiro atoms. The van der Waals surface area contributed by atoms with Crippen molar-refractivity contribution >= 4 is 23.8 Å². The first-order valence-corrected chi connectivity index (χ1v) is 6.80. The van der Waals surface area contributed by atoms with Crippen molar-refractivity contribution in [3.05, 3.63) is 51.3 Å². The average molecular weight is 317 g/mol. The van der Waals surface area contributed by atoms with Crippen molar-refractivity contribution in [2.24, 2.45) is 10.9 Å². The topological polar surface area (TPSA) is 122 Å². The van der Waals surface area contributed by atoms with Gasteiger partial charge in [0, 0.05) is 29.5 Å². The largest absolute Gasteiger partial charge is 0.481 e. The minimum Gasteiger partial charge on any atom is -0.481 e. The average Bonchev–Trinajstić information content (AvgIpc) is 2.49. The van der Waals surface area contributed by atoms with Gasteiger partial charge < -0.3 is 10.4 Å². The molecule has 8 nitrogen and oxygen atoms in total. The Morgan fingerprint density at radius 2 is 1.96 bits per heavy atom. The Morgan fingerprint density at radius 3 is 2.43 bits per heavy atom. The molecule has 0 aromatic heterocycles. The lowest BCUT2D eigenvalue weighted by molar-refractivity contribution is -0.384. The molecule has 0 aliphatic carbocycles. The van der Waals surface area contributed by atoms with Crippen LogP contribution in [0.2, 0.25) is 0 Å². The van der Waals surface area contributed by atoms with Crippen molar-refractivity contribution in [1.29, 1.82) is 0 Å². The summed E-state index contributed by atoms with van der Waals surface area (Å²) in [5.41, 5.74) is 1.77. The second kappa shape index (κ2) is 6.39. The highest BCUT2D eigenvalue weighted by molar-refractivity contribution is 6.03. The van der Waals surface area contributed by atoms with Crippen molar-refractivity contribution in [1.82, 2.24) is 5.32 Å². The summed E-state index contributed by atoms with van der Waals surface area (Å²) in [5.74, 6) is -2.70. The molecule has 0 saturated carbocycles. The summed E-state index contributed by atoms with van der Waals surface area (Å²) in [4.78, 5) is 36.9. The van der Waals surface area contributed by atoms with Gasteiger partial charge in [-0.3, -0.25) is 24.7 Å². The number of non-ortho nitro benzene ring substituents is 1. The molecule has 1 heterocycles. The fourth-order valence-electron chi connectivity index (χ4n) is 2.77. The van der Waals surface area contributed by atoms with Crippen LogP contribution in [-0.4, -0.2) is 28.1 Å². The van der Waals surface area contributed by atoms with Crippen LogP contribution in [0.25, 0.3) is 0 Å². The van der Waals surface area contributed by atoms with E-state index in [0.717, 1.165) is 0 Å². The van der Waals surface area contributed by atoms with E-state index in [1.807, 2.05) is 0 Å². The van der Waals surface area contributed by atoms with Crippen LogP contribution in [0.1, 0.15) is 25.3 Å². The lowest BCUT2D eigenvalue weighted by atomic mass is 9.78. The summed E-state index contributed by atoms with van der Waals surface area (Å²) >= 11 is 0. The molecule has 0 saturated heterocycles. The predicted molar refractivity (Wildman–Crippen MR) is 82.0 cm³/mol. The van der Waals surface area contributed by atoms with E-state index in [1.165, 1.54) is 24.3 Å². The van der Waals surface area contributed by atoms with Crippen molar-refractivity contribution in [3.63, 3.8) is 0 Å². The molecule has 0 radical (unpaired) electrons. The normalized spacial score (nSPS) is 20.7. The minimum absolute atomic E-state index is 0.0904. The molecular formula is C15H15N3O5. The number of carbonyl (C=O) groups is 2. The first-order chi connectivity index (χ1) is 10.9. The number of aliphatic carboxylic acids is 1. The smallest absolute Gasteiger partial charge is 0.313 e. The van der Waals surface area contributed by atoms with E-state index in [-0.39, 0.29) is 5.69 Å². The second-order valence-corrected chi connectivity index (χ2v) is 5.16. The molecule has 2 rings (SSSR count). The van der Waals surface area contributed by atoms with Crippen LogP contribution in [0.3, 0.4) is 0 Å². The van der Waals surface area contributed by atoms with E-state index in [2.05, 4.69) is 10.3 Å². The third kappa shape index (κ3) is 3.10. The molecular weight excluding hydrogens is 302 g/mol. The third-order valence-corrected chi connectivity index (χ3v) is 3.77. The molecule has 2 atom stereocenters. The summed E-state index contributed by atoms with van der Waals surface area (Å²) < 4.78 is 0. The third-order valence-electron chi connectivity index (χ3n) is 3.77. The van der Waals surface area contributed by atoms with Gasteiger partial charge in [0.15, 0.2) is 0 Å². The quantitative estimate of drug-likeness (QED) is 0.487. The number of nitrogens with zero attached hydrogens (tertiary/aromatic N) is 2. The first kappa shape index (κ1) is 16.3. The Bertz CT molecular complexity index is 721. The lowest BCUT2D eigenvalue weighted by Crippen LogP contribution is -2.36. The minimum atomic E-state index is -1.08. The molecule has 2 unspecified atom stereocenters. The number of rotatable bonds is 5. The van der Waals surface area contributed by atoms with Crippen LogP contribution < -0.4 is 5.32 Å². The van der Waals surface area contributed by atoms with E-state index in [4.69, 9.17) is 0 Å². The molecule has 8 heteroatoms. The Morgan fingerprint density at radius 1 is 1.35 bits per heavy atom. The van der Waals surface area contributed by atoms with Gasteiger partial charge in [-0.25, -0.2) is 0 Å². The van der Waals surface area contributed by atoms with E-state index >= 15 is 0 Å². The summed E-state index contributed by atoms with van der Waals surface area (Å²) in [6.45, 7) is 3.28. The van der Waals surface area contributed by atoms with Crippen LogP contribution in [0, 0.1) is 16.0 Å². The highest BCUT2D eigenvalue weighted by Gasteiger charge is 2.38. The molecule has 1 amide bonds. The Balaban J connectivity index is 2.56. The van der Waals surface area contributed by atoms with Crippen LogP contribution >= 0.6 is 0 Å². The number of amides is 1.